The topological polar surface area (TPSA) is 82.0 Å². The minimum atomic E-state index is 0.464. The van der Waals surface area contributed by atoms with E-state index in [4.69, 9.17) is 5.73 Å². The fraction of sp³-hybridized carbons (Fsp3) is 0. The molecule has 0 unspecified atom stereocenters. The average Bonchev–Trinajstić information content (AvgIpc) is 2.87. The summed E-state index contributed by atoms with van der Waals surface area (Å²) in [6.45, 7) is 0. The van der Waals surface area contributed by atoms with E-state index in [9.17, 15) is 0 Å². The van der Waals surface area contributed by atoms with E-state index in [0.29, 0.717) is 5.13 Å². The fourth-order valence-electron chi connectivity index (χ4n) is 1.20. The molecule has 0 aliphatic carbocycles. The van der Waals surface area contributed by atoms with E-state index in [1.165, 1.54) is 23.1 Å². The second-order valence-electron chi connectivity index (χ2n) is 2.91. The Bertz CT molecular complexity index is 630. The maximum atomic E-state index is 5.50. The van der Waals surface area contributed by atoms with Crippen molar-refractivity contribution in [1.82, 2.24) is 24.8 Å². The molecule has 0 fully saturated rings. The standard InChI is InChI=1S/C8H6N6S2/c9-7-11-12-8(16-7)15-6-2-1-5-10-3-4-14(5)13-6/h1-4H,(H2,9,11). The predicted octanol–water partition coefficient (Wildman–Crippen LogP) is 1.31. The van der Waals surface area contributed by atoms with Crippen molar-refractivity contribution in [1.29, 1.82) is 0 Å². The van der Waals surface area contributed by atoms with Crippen LogP contribution >= 0.6 is 23.1 Å². The monoisotopic (exact) mass is 250 g/mol. The van der Waals surface area contributed by atoms with E-state index in [1.54, 1.807) is 16.9 Å². The van der Waals surface area contributed by atoms with Gasteiger partial charge in [0.25, 0.3) is 0 Å². The lowest BCUT2D eigenvalue weighted by molar-refractivity contribution is 0.857. The van der Waals surface area contributed by atoms with E-state index < -0.39 is 0 Å². The second kappa shape index (κ2) is 3.72. The first kappa shape index (κ1) is 9.55. The number of hydrogen-bond donors (Lipinski definition) is 1. The number of aromatic nitrogens is 5. The van der Waals surface area contributed by atoms with Gasteiger partial charge in [0, 0.05) is 12.4 Å². The van der Waals surface area contributed by atoms with Gasteiger partial charge in [0.15, 0.2) is 9.99 Å². The third-order valence-corrected chi connectivity index (χ3v) is 3.57. The molecule has 0 amide bonds. The molecule has 0 radical (unpaired) electrons. The van der Waals surface area contributed by atoms with Crippen molar-refractivity contribution in [2.45, 2.75) is 9.37 Å². The Morgan fingerprint density at radius 2 is 2.25 bits per heavy atom. The highest BCUT2D eigenvalue weighted by Crippen LogP contribution is 2.29. The van der Waals surface area contributed by atoms with Gasteiger partial charge in [-0.15, -0.1) is 10.2 Å². The first-order valence-corrected chi connectivity index (χ1v) is 6.02. The van der Waals surface area contributed by atoms with Gasteiger partial charge in [-0.3, -0.25) is 0 Å². The summed E-state index contributed by atoms with van der Waals surface area (Å²) in [7, 11) is 0. The van der Waals surface area contributed by atoms with Crippen molar-refractivity contribution in [3.63, 3.8) is 0 Å². The largest absolute Gasteiger partial charge is 0.374 e. The third kappa shape index (κ3) is 1.72. The minimum Gasteiger partial charge on any atom is -0.374 e. The van der Waals surface area contributed by atoms with E-state index in [2.05, 4.69) is 20.3 Å². The lowest BCUT2D eigenvalue weighted by Gasteiger charge is -1.96. The zero-order chi connectivity index (χ0) is 11.0. The highest BCUT2D eigenvalue weighted by atomic mass is 32.2. The van der Waals surface area contributed by atoms with Crippen molar-refractivity contribution >= 4 is 33.9 Å². The molecule has 0 spiro atoms. The van der Waals surface area contributed by atoms with E-state index in [0.717, 1.165) is 15.0 Å². The lowest BCUT2D eigenvalue weighted by atomic mass is 10.6. The number of imidazole rings is 1. The van der Waals surface area contributed by atoms with Gasteiger partial charge in [-0.05, 0) is 23.9 Å². The summed E-state index contributed by atoms with van der Waals surface area (Å²) in [6.07, 6.45) is 3.51. The van der Waals surface area contributed by atoms with Crippen molar-refractivity contribution in [2.75, 3.05) is 5.73 Å². The second-order valence-corrected chi connectivity index (χ2v) is 5.19. The maximum Gasteiger partial charge on any atom is 0.203 e. The first-order valence-electron chi connectivity index (χ1n) is 4.38. The van der Waals surface area contributed by atoms with Crippen LogP contribution in [0, 0.1) is 0 Å². The van der Waals surface area contributed by atoms with Crippen LogP contribution in [0.25, 0.3) is 5.65 Å². The lowest BCUT2D eigenvalue weighted by Crippen LogP contribution is -1.91. The quantitative estimate of drug-likeness (QED) is 0.738. The highest BCUT2D eigenvalue weighted by molar-refractivity contribution is 8.01. The molecule has 0 aliphatic rings. The predicted molar refractivity (Wildman–Crippen MR) is 61.4 cm³/mol. The molecule has 0 aliphatic heterocycles. The summed E-state index contributed by atoms with van der Waals surface area (Å²) in [5.41, 5.74) is 6.32. The Balaban J connectivity index is 1.94. The van der Waals surface area contributed by atoms with Crippen LogP contribution in [0.1, 0.15) is 0 Å². The Labute approximate surface area is 98.5 Å². The van der Waals surface area contributed by atoms with E-state index in [-0.39, 0.29) is 0 Å². The smallest absolute Gasteiger partial charge is 0.203 e. The van der Waals surface area contributed by atoms with Crippen LogP contribution in [-0.4, -0.2) is 24.8 Å². The summed E-state index contributed by atoms with van der Waals surface area (Å²) in [5, 5.41) is 13.3. The van der Waals surface area contributed by atoms with Gasteiger partial charge in [0.05, 0.1) is 0 Å². The molecule has 2 N–H and O–H groups in total. The summed E-state index contributed by atoms with van der Waals surface area (Å²) in [6, 6.07) is 3.80. The van der Waals surface area contributed by atoms with Crippen LogP contribution in [0.3, 0.4) is 0 Å². The van der Waals surface area contributed by atoms with Crippen molar-refractivity contribution in [3.8, 4) is 0 Å². The molecule has 0 atom stereocenters. The number of nitrogens with zero attached hydrogens (tertiary/aromatic N) is 5. The summed E-state index contributed by atoms with van der Waals surface area (Å²) in [5.74, 6) is 0. The molecule has 0 saturated carbocycles. The third-order valence-electron chi connectivity index (χ3n) is 1.84. The molecule has 3 rings (SSSR count). The molecule has 6 nitrogen and oxygen atoms in total. The Kier molecular flexibility index (Phi) is 2.22. The summed E-state index contributed by atoms with van der Waals surface area (Å²) < 4.78 is 2.50. The van der Waals surface area contributed by atoms with E-state index in [1.807, 2.05) is 12.1 Å². The Hall–Kier alpha value is -1.67. The van der Waals surface area contributed by atoms with Crippen LogP contribution in [0.5, 0.6) is 0 Å². The number of hydrogen-bond acceptors (Lipinski definition) is 7. The zero-order valence-electron chi connectivity index (χ0n) is 7.94. The van der Waals surface area contributed by atoms with Gasteiger partial charge < -0.3 is 5.73 Å². The van der Waals surface area contributed by atoms with Gasteiger partial charge in [-0.25, -0.2) is 9.50 Å². The first-order chi connectivity index (χ1) is 7.81. The van der Waals surface area contributed by atoms with Gasteiger partial charge >= 0.3 is 0 Å². The number of anilines is 1. The molecule has 3 aromatic rings. The molecule has 0 bridgehead atoms. The minimum absolute atomic E-state index is 0.464. The average molecular weight is 250 g/mol. The van der Waals surface area contributed by atoms with Crippen molar-refractivity contribution in [3.05, 3.63) is 24.5 Å². The number of nitrogen functional groups attached to an aromatic ring is 1. The van der Waals surface area contributed by atoms with Crippen molar-refractivity contribution < 1.29 is 0 Å². The van der Waals surface area contributed by atoms with Crippen LogP contribution in [0.4, 0.5) is 5.13 Å². The highest BCUT2D eigenvalue weighted by Gasteiger charge is 2.05. The normalized spacial score (nSPS) is 11.0. The maximum absolute atomic E-state index is 5.50. The molecule has 3 heterocycles. The summed E-state index contributed by atoms with van der Waals surface area (Å²) >= 11 is 2.78. The van der Waals surface area contributed by atoms with Gasteiger partial charge in [-0.1, -0.05) is 11.3 Å². The zero-order valence-corrected chi connectivity index (χ0v) is 9.57. The molecule has 0 saturated heterocycles. The number of fused-ring (bicyclic) bond motifs is 1. The van der Waals surface area contributed by atoms with Crippen molar-refractivity contribution in [2.24, 2.45) is 0 Å². The van der Waals surface area contributed by atoms with Gasteiger partial charge in [-0.2, -0.15) is 5.10 Å². The SMILES string of the molecule is Nc1nnc(Sc2ccc3nccn3n2)s1. The Morgan fingerprint density at radius 1 is 1.31 bits per heavy atom. The van der Waals surface area contributed by atoms with Gasteiger partial charge in [0.1, 0.15) is 5.03 Å². The molecular formula is C8H6N6S2. The fourth-order valence-corrected chi connectivity index (χ4v) is 2.75. The van der Waals surface area contributed by atoms with Crippen LogP contribution in [-0.2, 0) is 0 Å². The number of rotatable bonds is 2. The molecule has 8 heteroatoms. The molecule has 3 aromatic heterocycles. The Morgan fingerprint density at radius 3 is 3.06 bits per heavy atom. The van der Waals surface area contributed by atoms with Crippen LogP contribution in [0.2, 0.25) is 0 Å². The molecule has 16 heavy (non-hydrogen) atoms. The molecular weight excluding hydrogens is 244 g/mol. The van der Waals surface area contributed by atoms with Crippen LogP contribution in [0.15, 0.2) is 33.9 Å². The molecule has 80 valence electrons. The van der Waals surface area contributed by atoms with Gasteiger partial charge in [0.2, 0.25) is 5.13 Å². The number of nitrogens with two attached hydrogens (primary N) is 1. The molecule has 0 aromatic carbocycles. The summed E-state index contributed by atoms with van der Waals surface area (Å²) in [4.78, 5) is 4.12. The van der Waals surface area contributed by atoms with Crippen LogP contribution < -0.4 is 5.73 Å². The van der Waals surface area contributed by atoms with E-state index >= 15 is 0 Å².